The first-order chi connectivity index (χ1) is 12.0. The number of hydrogen-bond donors (Lipinski definition) is 0. The second kappa shape index (κ2) is 6.32. The Bertz CT molecular complexity index is 734. The summed E-state index contributed by atoms with van der Waals surface area (Å²) in [5.74, 6) is -0.256. The van der Waals surface area contributed by atoms with Gasteiger partial charge in [0, 0.05) is 28.9 Å². The fourth-order valence-electron chi connectivity index (χ4n) is 3.05. The topological polar surface area (TPSA) is 69.4 Å². The van der Waals surface area contributed by atoms with Crippen LogP contribution in [0.2, 0.25) is 0 Å². The lowest BCUT2D eigenvalue weighted by atomic mass is 9.74. The fourth-order valence-corrected chi connectivity index (χ4v) is 3.05. The monoisotopic (exact) mass is 375 g/mol. The molecule has 0 N–H and O–H groups in total. The average Bonchev–Trinajstić information content (AvgIpc) is 3.25. The van der Waals surface area contributed by atoms with Gasteiger partial charge in [0.05, 0.1) is 0 Å². The first-order valence-electron chi connectivity index (χ1n) is 9.56. The van der Waals surface area contributed by atoms with Crippen LogP contribution in [-0.2, 0) is 21.0 Å². The number of esters is 1. The molecule has 1 aliphatic rings. The largest absolute Gasteiger partial charge is 0.421 e. The molecule has 0 atom stereocenters. The summed E-state index contributed by atoms with van der Waals surface area (Å²) in [6, 6.07) is 4.17. The van der Waals surface area contributed by atoms with Crippen molar-refractivity contribution in [1.29, 1.82) is 0 Å². The molecule has 1 fully saturated rings. The van der Waals surface area contributed by atoms with Crippen LogP contribution in [0.5, 0.6) is 5.75 Å². The van der Waals surface area contributed by atoms with Crippen LogP contribution in [0.4, 0.5) is 0 Å². The van der Waals surface area contributed by atoms with Gasteiger partial charge >= 0.3 is 11.5 Å². The molecule has 0 aliphatic heterocycles. The molecule has 0 spiro atoms. The maximum Gasteiger partial charge on any atom is 0.390 e. The summed E-state index contributed by atoms with van der Waals surface area (Å²) in [6.07, 6.45) is 0.489. The van der Waals surface area contributed by atoms with E-state index >= 15 is 0 Å². The summed E-state index contributed by atoms with van der Waals surface area (Å²) < 4.78 is 5.81. The number of hydrogen-bond acceptors (Lipinski definition) is 4. The summed E-state index contributed by atoms with van der Waals surface area (Å²) >= 11 is 0. The molecule has 0 heterocycles. The summed E-state index contributed by atoms with van der Waals surface area (Å²) in [4.78, 5) is 23.6. The third kappa shape index (κ3) is 4.17. The van der Waals surface area contributed by atoms with Gasteiger partial charge in [0.1, 0.15) is 5.75 Å². The van der Waals surface area contributed by atoms with Crippen LogP contribution in [0, 0.1) is 10.1 Å². The highest BCUT2D eigenvalue weighted by Gasteiger charge is 2.65. The van der Waals surface area contributed by atoms with Crippen molar-refractivity contribution in [2.24, 2.45) is 0 Å². The fraction of sp³-hybridized carbons (Fsp3) is 0.682. The van der Waals surface area contributed by atoms with Crippen LogP contribution >= 0.6 is 0 Å². The van der Waals surface area contributed by atoms with E-state index in [1.807, 2.05) is 0 Å². The Labute approximate surface area is 162 Å². The highest BCUT2D eigenvalue weighted by Crippen LogP contribution is 2.45. The van der Waals surface area contributed by atoms with Crippen LogP contribution in [-0.4, -0.2) is 16.4 Å². The minimum Gasteiger partial charge on any atom is -0.421 e. The van der Waals surface area contributed by atoms with Crippen molar-refractivity contribution in [1.82, 2.24) is 0 Å². The molecule has 0 saturated heterocycles. The quantitative estimate of drug-likeness (QED) is 0.311. The Morgan fingerprint density at radius 2 is 1.33 bits per heavy atom. The molecular weight excluding hydrogens is 342 g/mol. The van der Waals surface area contributed by atoms with E-state index in [9.17, 15) is 14.9 Å². The lowest BCUT2D eigenvalue weighted by molar-refractivity contribution is -0.524. The SMILES string of the molecule is CC(C)(C)c1cc(C(C)(C)C)c(OC(=O)C2([N+](=O)[O-])CC2)c(C(C)(C)C)c1. The lowest BCUT2D eigenvalue weighted by Gasteiger charge is -2.32. The molecule has 0 unspecified atom stereocenters. The Hall–Kier alpha value is -1.91. The van der Waals surface area contributed by atoms with Crippen molar-refractivity contribution in [3.63, 3.8) is 0 Å². The predicted molar refractivity (Wildman–Crippen MR) is 107 cm³/mol. The van der Waals surface area contributed by atoms with Gasteiger partial charge in [0.25, 0.3) is 0 Å². The first kappa shape index (κ1) is 21.4. The van der Waals surface area contributed by atoms with Crippen molar-refractivity contribution in [3.05, 3.63) is 38.9 Å². The Morgan fingerprint density at radius 3 is 1.59 bits per heavy atom. The van der Waals surface area contributed by atoms with Gasteiger partial charge < -0.3 is 4.74 Å². The van der Waals surface area contributed by atoms with Gasteiger partial charge in [-0.1, -0.05) is 74.4 Å². The zero-order chi connectivity index (χ0) is 21.0. The normalized spacial score (nSPS) is 16.8. The van der Waals surface area contributed by atoms with E-state index in [4.69, 9.17) is 4.74 Å². The summed E-state index contributed by atoms with van der Waals surface area (Å²) in [6.45, 7) is 18.9. The predicted octanol–water partition coefficient (Wildman–Crippen LogP) is 5.29. The van der Waals surface area contributed by atoms with E-state index in [0.717, 1.165) is 16.7 Å². The molecule has 0 radical (unpaired) electrons. The van der Waals surface area contributed by atoms with Gasteiger partial charge in [-0.15, -0.1) is 0 Å². The maximum atomic E-state index is 12.7. The number of carbonyl (C=O) groups excluding carboxylic acids is 1. The Kier molecular flexibility index (Phi) is 5.00. The number of ether oxygens (including phenoxy) is 1. The number of rotatable bonds is 3. The molecule has 1 aromatic carbocycles. The van der Waals surface area contributed by atoms with E-state index < -0.39 is 16.4 Å². The third-order valence-corrected chi connectivity index (χ3v) is 5.22. The van der Waals surface area contributed by atoms with Crippen LogP contribution in [0.1, 0.15) is 91.8 Å². The molecule has 1 saturated carbocycles. The van der Waals surface area contributed by atoms with Gasteiger partial charge in [0.2, 0.25) is 0 Å². The van der Waals surface area contributed by atoms with Crippen LogP contribution < -0.4 is 4.74 Å². The van der Waals surface area contributed by atoms with E-state index in [1.54, 1.807) is 0 Å². The van der Waals surface area contributed by atoms with Crippen LogP contribution in [0.25, 0.3) is 0 Å². The molecule has 0 bridgehead atoms. The maximum absolute atomic E-state index is 12.7. The van der Waals surface area contributed by atoms with Crippen molar-refractivity contribution < 1.29 is 14.5 Å². The van der Waals surface area contributed by atoms with Crippen LogP contribution in [0.3, 0.4) is 0 Å². The van der Waals surface area contributed by atoms with Gasteiger partial charge in [-0.3, -0.25) is 10.1 Å². The van der Waals surface area contributed by atoms with Gasteiger partial charge in [0.15, 0.2) is 0 Å². The highest BCUT2D eigenvalue weighted by molar-refractivity contribution is 5.85. The molecular formula is C22H33NO4. The number of benzene rings is 1. The minimum absolute atomic E-state index is 0.0684. The van der Waals surface area contributed by atoms with Crippen molar-refractivity contribution in [3.8, 4) is 5.75 Å². The van der Waals surface area contributed by atoms with Crippen molar-refractivity contribution in [2.45, 2.75) is 96.9 Å². The van der Waals surface area contributed by atoms with E-state index in [-0.39, 0.29) is 29.1 Å². The van der Waals surface area contributed by atoms with E-state index in [0.29, 0.717) is 5.75 Å². The third-order valence-electron chi connectivity index (χ3n) is 5.22. The number of nitrogens with zero attached hydrogens (tertiary/aromatic N) is 1. The van der Waals surface area contributed by atoms with E-state index in [2.05, 4.69) is 74.4 Å². The summed E-state index contributed by atoms with van der Waals surface area (Å²) in [5.41, 5.74) is 0.797. The van der Waals surface area contributed by atoms with Gasteiger partial charge in [-0.2, -0.15) is 0 Å². The van der Waals surface area contributed by atoms with Gasteiger partial charge in [-0.25, -0.2) is 4.79 Å². The van der Waals surface area contributed by atoms with Crippen molar-refractivity contribution >= 4 is 5.97 Å². The zero-order valence-corrected chi connectivity index (χ0v) is 18.1. The second-order valence-corrected chi connectivity index (χ2v) is 10.8. The lowest BCUT2D eigenvalue weighted by Crippen LogP contribution is -2.36. The highest BCUT2D eigenvalue weighted by atomic mass is 16.6. The summed E-state index contributed by atoms with van der Waals surface area (Å²) in [5, 5.41) is 11.4. The Morgan fingerprint density at radius 1 is 0.926 bits per heavy atom. The minimum atomic E-state index is -1.56. The first-order valence-corrected chi connectivity index (χ1v) is 9.56. The molecule has 1 aliphatic carbocycles. The number of nitro groups is 1. The molecule has 150 valence electrons. The Balaban J connectivity index is 2.70. The molecule has 0 aromatic heterocycles. The molecule has 27 heavy (non-hydrogen) atoms. The summed E-state index contributed by atoms with van der Waals surface area (Å²) in [7, 11) is 0. The smallest absolute Gasteiger partial charge is 0.390 e. The molecule has 0 amide bonds. The van der Waals surface area contributed by atoms with Gasteiger partial charge in [-0.05, 0) is 21.8 Å². The second-order valence-electron chi connectivity index (χ2n) is 10.8. The van der Waals surface area contributed by atoms with Crippen molar-refractivity contribution in [2.75, 3.05) is 0 Å². The standard InChI is InChI=1S/C22H33NO4/c1-19(2,3)14-12-15(20(4,5)6)17(16(13-14)21(7,8)9)27-18(24)22(10-11-22)23(25)26/h12-13H,10-11H2,1-9H3. The molecule has 5 heteroatoms. The number of carbonyl (C=O) groups is 1. The molecule has 5 nitrogen and oxygen atoms in total. The zero-order valence-electron chi connectivity index (χ0n) is 18.1. The molecule has 2 rings (SSSR count). The van der Waals surface area contributed by atoms with E-state index in [1.165, 1.54) is 0 Å². The molecule has 1 aromatic rings. The average molecular weight is 376 g/mol. The van der Waals surface area contributed by atoms with Crippen LogP contribution in [0.15, 0.2) is 12.1 Å².